The first-order chi connectivity index (χ1) is 14.3. The van der Waals surface area contributed by atoms with Gasteiger partial charge in [0.15, 0.2) is 0 Å². The Bertz CT molecular complexity index is 995. The first-order valence-electron chi connectivity index (χ1n) is 9.64. The van der Waals surface area contributed by atoms with Gasteiger partial charge in [-0.3, -0.25) is 0 Å². The van der Waals surface area contributed by atoms with Crippen molar-refractivity contribution in [3.63, 3.8) is 0 Å². The molecule has 1 saturated heterocycles. The van der Waals surface area contributed by atoms with Crippen LogP contribution in [0.25, 0.3) is 10.9 Å². The van der Waals surface area contributed by atoms with Crippen LogP contribution in [0.4, 0.5) is 5.95 Å². The highest BCUT2D eigenvalue weighted by molar-refractivity contribution is 6.18. The van der Waals surface area contributed by atoms with E-state index in [0.29, 0.717) is 49.6 Å². The maximum absolute atomic E-state index is 5.84. The predicted octanol–water partition coefficient (Wildman–Crippen LogP) is 1.10. The van der Waals surface area contributed by atoms with E-state index in [4.69, 9.17) is 20.3 Å². The summed E-state index contributed by atoms with van der Waals surface area (Å²) in [5, 5.41) is 8.16. The molecule has 152 valence electrons. The lowest BCUT2D eigenvalue weighted by Crippen LogP contribution is -2.37. The van der Waals surface area contributed by atoms with E-state index in [1.54, 1.807) is 6.07 Å². The van der Waals surface area contributed by atoms with Crippen LogP contribution in [0.5, 0.6) is 5.88 Å². The summed E-state index contributed by atoms with van der Waals surface area (Å²) < 4.78 is 11.3. The zero-order valence-electron chi connectivity index (χ0n) is 16.4. The molecule has 1 aromatic carbocycles. The Labute approximate surface area is 168 Å². The number of rotatable bonds is 7. The lowest BCUT2D eigenvalue weighted by atomic mass is 10.1. The molecule has 0 aliphatic carbocycles. The molecule has 3 heterocycles. The monoisotopic (exact) mass is 395 g/mol. The van der Waals surface area contributed by atoms with Crippen molar-refractivity contribution >= 4 is 22.6 Å². The highest BCUT2D eigenvalue weighted by atomic mass is 16.5. The summed E-state index contributed by atoms with van der Waals surface area (Å²) in [7, 11) is 1.88. The van der Waals surface area contributed by atoms with Crippen molar-refractivity contribution < 1.29 is 9.47 Å². The van der Waals surface area contributed by atoms with Crippen LogP contribution in [0.15, 0.2) is 41.6 Å². The Morgan fingerprint density at radius 1 is 1.31 bits per heavy atom. The Balaban J connectivity index is 1.74. The number of anilines is 1. The molecule has 1 aliphatic heterocycles. The zero-order chi connectivity index (χ0) is 20.1. The minimum atomic E-state index is 0.493. The van der Waals surface area contributed by atoms with E-state index in [-0.39, 0.29) is 0 Å². The molecule has 4 N–H and O–H groups in total. The van der Waals surface area contributed by atoms with Crippen LogP contribution in [-0.4, -0.2) is 67.2 Å². The molecule has 0 saturated carbocycles. The Morgan fingerprint density at radius 3 is 2.93 bits per heavy atom. The molecule has 4 rings (SSSR count). The Hall–Kier alpha value is -3.17. The molecule has 0 unspecified atom stereocenters. The molecule has 0 bridgehead atoms. The minimum Gasteiger partial charge on any atom is -0.476 e. The highest BCUT2D eigenvalue weighted by Crippen LogP contribution is 2.24. The summed E-state index contributed by atoms with van der Waals surface area (Å²) >= 11 is 0. The van der Waals surface area contributed by atoms with Gasteiger partial charge in [0.1, 0.15) is 18.0 Å². The van der Waals surface area contributed by atoms with E-state index in [1.165, 1.54) is 0 Å². The number of ether oxygens (including phenoxy) is 2. The zero-order valence-corrected chi connectivity index (χ0v) is 16.4. The maximum Gasteiger partial charge on any atom is 0.229 e. The van der Waals surface area contributed by atoms with E-state index >= 15 is 0 Å². The summed E-state index contributed by atoms with van der Waals surface area (Å²) in [5.41, 5.74) is 3.10. The van der Waals surface area contributed by atoms with Crippen molar-refractivity contribution in [3.8, 4) is 5.88 Å². The van der Waals surface area contributed by atoms with Gasteiger partial charge in [0.05, 0.1) is 13.2 Å². The molecule has 2 aromatic heterocycles. The summed E-state index contributed by atoms with van der Waals surface area (Å²) in [4.78, 5) is 14.7. The van der Waals surface area contributed by atoms with Crippen LogP contribution in [0, 0.1) is 0 Å². The van der Waals surface area contributed by atoms with Gasteiger partial charge in [-0.25, -0.2) is 4.98 Å². The first-order valence-corrected chi connectivity index (χ1v) is 9.64. The maximum atomic E-state index is 5.84. The van der Waals surface area contributed by atoms with Crippen LogP contribution in [0.1, 0.15) is 11.3 Å². The average Bonchev–Trinajstić information content (AvgIpc) is 3.19. The van der Waals surface area contributed by atoms with Crippen LogP contribution in [-0.2, 0) is 4.74 Å². The van der Waals surface area contributed by atoms with Crippen LogP contribution >= 0.6 is 0 Å². The van der Waals surface area contributed by atoms with E-state index in [0.717, 1.165) is 29.6 Å². The van der Waals surface area contributed by atoms with Gasteiger partial charge >= 0.3 is 0 Å². The van der Waals surface area contributed by atoms with Gasteiger partial charge in [0, 0.05) is 48.4 Å². The van der Waals surface area contributed by atoms with Gasteiger partial charge in [0.25, 0.3) is 0 Å². The molecule has 1 aliphatic rings. The molecule has 0 spiro atoms. The molecule has 0 amide bonds. The third-order valence-electron chi connectivity index (χ3n) is 4.80. The van der Waals surface area contributed by atoms with Crippen molar-refractivity contribution in [1.29, 1.82) is 0 Å². The second-order valence-electron chi connectivity index (χ2n) is 6.67. The predicted molar refractivity (Wildman–Crippen MR) is 113 cm³/mol. The van der Waals surface area contributed by atoms with E-state index in [1.807, 2.05) is 37.5 Å². The number of nitrogens with two attached hydrogens (primary N) is 1. The fourth-order valence-corrected chi connectivity index (χ4v) is 3.31. The number of hydrazone groups is 1. The number of hydrogen-bond donors (Lipinski definition) is 3. The van der Waals surface area contributed by atoms with Gasteiger partial charge in [0.2, 0.25) is 11.8 Å². The summed E-state index contributed by atoms with van der Waals surface area (Å²) in [6.45, 7) is 3.95. The smallest absolute Gasteiger partial charge is 0.229 e. The van der Waals surface area contributed by atoms with Crippen molar-refractivity contribution in [2.75, 3.05) is 51.4 Å². The number of aromatic amines is 1. The van der Waals surface area contributed by atoms with Gasteiger partial charge in [-0.05, 0) is 13.1 Å². The Kier molecular flexibility index (Phi) is 5.87. The van der Waals surface area contributed by atoms with Crippen molar-refractivity contribution in [2.45, 2.75) is 0 Å². The van der Waals surface area contributed by atoms with Crippen molar-refractivity contribution in [1.82, 2.24) is 20.3 Å². The van der Waals surface area contributed by atoms with Gasteiger partial charge in [-0.1, -0.05) is 18.2 Å². The van der Waals surface area contributed by atoms with Crippen molar-refractivity contribution in [2.24, 2.45) is 10.9 Å². The number of nitrogens with zero attached hydrogens (tertiary/aromatic N) is 4. The second kappa shape index (κ2) is 8.89. The van der Waals surface area contributed by atoms with E-state index in [2.05, 4.69) is 25.3 Å². The number of nitrogens with one attached hydrogen (secondary N) is 2. The lowest BCUT2D eigenvalue weighted by molar-refractivity contribution is 0.122. The average molecular weight is 395 g/mol. The highest BCUT2D eigenvalue weighted by Gasteiger charge is 2.20. The summed E-state index contributed by atoms with van der Waals surface area (Å²) in [6, 6.07) is 9.79. The molecule has 3 aromatic rings. The number of benzene rings is 1. The lowest BCUT2D eigenvalue weighted by Gasteiger charge is -2.27. The minimum absolute atomic E-state index is 0.493. The SMILES string of the molecule is CNCCOc1cc(C(=NN)c2c[nH]c3ccccc23)nc(N2CCOCC2)n1. The van der Waals surface area contributed by atoms with Crippen LogP contribution < -0.4 is 20.8 Å². The van der Waals surface area contributed by atoms with Gasteiger partial charge < -0.3 is 30.5 Å². The normalized spacial score (nSPS) is 15.1. The van der Waals surface area contributed by atoms with Gasteiger partial charge in [-0.2, -0.15) is 10.1 Å². The first kappa shape index (κ1) is 19.2. The fourth-order valence-electron chi connectivity index (χ4n) is 3.31. The third kappa shape index (κ3) is 4.15. The Morgan fingerprint density at radius 2 is 2.14 bits per heavy atom. The molecule has 29 heavy (non-hydrogen) atoms. The topological polar surface area (TPSA) is 114 Å². The largest absolute Gasteiger partial charge is 0.476 e. The number of hydrogen-bond acceptors (Lipinski definition) is 8. The molecule has 9 nitrogen and oxygen atoms in total. The number of fused-ring (bicyclic) bond motifs is 1. The standard InChI is InChI=1S/C20H25N7O2/c1-22-6-9-29-18-12-17(24-20(25-18)27-7-10-28-11-8-27)19(26-21)15-13-23-16-5-3-2-4-14(15)16/h2-5,12-13,22-23H,6-11,21H2,1H3. The quantitative estimate of drug-likeness (QED) is 0.238. The second-order valence-corrected chi connectivity index (χ2v) is 6.67. The third-order valence-corrected chi connectivity index (χ3v) is 4.80. The number of aromatic nitrogens is 3. The van der Waals surface area contributed by atoms with E-state index < -0.39 is 0 Å². The molecular formula is C20H25N7O2. The number of morpholine rings is 1. The molecule has 9 heteroatoms. The molecule has 1 fully saturated rings. The number of likely N-dealkylation sites (N-methyl/N-ethyl adjacent to an activating group) is 1. The van der Waals surface area contributed by atoms with Crippen LogP contribution in [0.3, 0.4) is 0 Å². The summed E-state index contributed by atoms with van der Waals surface area (Å²) in [5.74, 6) is 6.90. The number of para-hydroxylation sites is 1. The van der Waals surface area contributed by atoms with E-state index in [9.17, 15) is 0 Å². The fraction of sp³-hybridized carbons (Fsp3) is 0.350. The number of H-pyrrole nitrogens is 1. The molecule has 0 radical (unpaired) electrons. The summed E-state index contributed by atoms with van der Waals surface area (Å²) in [6.07, 6.45) is 1.90. The molecular weight excluding hydrogens is 370 g/mol. The van der Waals surface area contributed by atoms with Crippen LogP contribution in [0.2, 0.25) is 0 Å². The van der Waals surface area contributed by atoms with Gasteiger partial charge in [-0.15, -0.1) is 0 Å². The molecule has 0 atom stereocenters. The van der Waals surface area contributed by atoms with Crippen molar-refractivity contribution in [3.05, 3.63) is 47.8 Å².